The molecule has 3 heterocycles. The molecule has 0 aliphatic carbocycles. The second-order valence-electron chi connectivity index (χ2n) is 7.26. The highest BCUT2D eigenvalue weighted by Crippen LogP contribution is 2.29. The number of hydrogen-bond acceptors (Lipinski definition) is 3. The summed E-state index contributed by atoms with van der Waals surface area (Å²) in [5.74, 6) is 1.73. The number of halogens is 2. The SMILES string of the molecule is Clc1ccc(COc2ccccc2CNC2CN3CCC2CC3)c(Cl)c1. The van der Waals surface area contributed by atoms with Gasteiger partial charge in [0, 0.05) is 40.3 Å². The zero-order valence-electron chi connectivity index (χ0n) is 14.8. The highest BCUT2D eigenvalue weighted by atomic mass is 35.5. The number of fused-ring (bicyclic) bond motifs is 3. The van der Waals surface area contributed by atoms with E-state index in [1.54, 1.807) is 6.07 Å². The van der Waals surface area contributed by atoms with Crippen LogP contribution < -0.4 is 10.1 Å². The second kappa shape index (κ2) is 8.18. The fraction of sp³-hybridized carbons (Fsp3) is 0.429. The maximum atomic E-state index is 6.25. The Balaban J connectivity index is 1.38. The van der Waals surface area contributed by atoms with Crippen molar-refractivity contribution in [1.82, 2.24) is 10.2 Å². The minimum Gasteiger partial charge on any atom is -0.489 e. The molecule has 1 N–H and O–H groups in total. The predicted octanol–water partition coefficient (Wildman–Crippen LogP) is 4.76. The zero-order chi connectivity index (χ0) is 17.9. The Morgan fingerprint density at radius 3 is 2.58 bits per heavy atom. The minimum atomic E-state index is 0.437. The van der Waals surface area contributed by atoms with Gasteiger partial charge in [0.25, 0.3) is 0 Å². The quantitative estimate of drug-likeness (QED) is 0.769. The van der Waals surface area contributed by atoms with Crippen molar-refractivity contribution in [3.05, 3.63) is 63.6 Å². The molecule has 0 saturated carbocycles. The molecule has 5 rings (SSSR count). The number of nitrogens with zero attached hydrogens (tertiary/aromatic N) is 1. The molecule has 3 fully saturated rings. The van der Waals surface area contributed by atoms with Gasteiger partial charge < -0.3 is 15.0 Å². The number of hydrogen-bond donors (Lipinski definition) is 1. The Hall–Kier alpha value is -1.26. The predicted molar refractivity (Wildman–Crippen MR) is 107 cm³/mol. The molecule has 0 amide bonds. The molecule has 1 atom stereocenters. The van der Waals surface area contributed by atoms with Crippen LogP contribution in [0.25, 0.3) is 0 Å². The number of benzene rings is 2. The average molecular weight is 391 g/mol. The first-order valence-corrected chi connectivity index (χ1v) is 10.0. The molecule has 0 spiro atoms. The lowest BCUT2D eigenvalue weighted by Gasteiger charge is -2.45. The third-order valence-corrected chi connectivity index (χ3v) is 6.17. The van der Waals surface area contributed by atoms with Crippen LogP contribution >= 0.6 is 23.2 Å². The first kappa shape index (κ1) is 18.1. The van der Waals surface area contributed by atoms with Gasteiger partial charge in [-0.05, 0) is 50.0 Å². The normalized spacial score (nSPS) is 24.6. The van der Waals surface area contributed by atoms with Crippen molar-refractivity contribution in [2.45, 2.75) is 32.0 Å². The van der Waals surface area contributed by atoms with E-state index < -0.39 is 0 Å². The maximum Gasteiger partial charge on any atom is 0.124 e. The summed E-state index contributed by atoms with van der Waals surface area (Å²) in [7, 11) is 0. The van der Waals surface area contributed by atoms with Crippen LogP contribution in [0.1, 0.15) is 24.0 Å². The molecule has 138 valence electrons. The molecule has 2 aromatic rings. The molecular formula is C21H24Cl2N2O. The average Bonchev–Trinajstić information content (AvgIpc) is 2.67. The van der Waals surface area contributed by atoms with Gasteiger partial charge in [0.1, 0.15) is 12.4 Å². The van der Waals surface area contributed by atoms with Gasteiger partial charge in [-0.2, -0.15) is 0 Å². The van der Waals surface area contributed by atoms with Crippen LogP contribution in [0.2, 0.25) is 10.0 Å². The Kier molecular flexibility index (Phi) is 5.70. The van der Waals surface area contributed by atoms with Gasteiger partial charge in [-0.1, -0.05) is 47.5 Å². The number of rotatable bonds is 6. The lowest BCUT2D eigenvalue weighted by molar-refractivity contribution is 0.0718. The standard InChI is InChI=1S/C21H24Cl2N2O/c22-18-6-5-17(19(23)11-18)14-26-21-4-2-1-3-16(21)12-24-20-13-25-9-7-15(20)8-10-25/h1-6,11,15,20,24H,7-10,12-14H2. The van der Waals surface area contributed by atoms with Gasteiger partial charge in [-0.25, -0.2) is 0 Å². The van der Waals surface area contributed by atoms with E-state index in [0.29, 0.717) is 22.7 Å². The topological polar surface area (TPSA) is 24.5 Å². The molecule has 3 aliphatic rings. The van der Waals surface area contributed by atoms with E-state index in [1.165, 1.54) is 38.0 Å². The maximum absolute atomic E-state index is 6.25. The molecule has 3 saturated heterocycles. The molecule has 2 bridgehead atoms. The fourth-order valence-corrected chi connectivity index (χ4v) is 4.49. The van der Waals surface area contributed by atoms with E-state index in [9.17, 15) is 0 Å². The van der Waals surface area contributed by atoms with Gasteiger partial charge in [0.05, 0.1) is 0 Å². The van der Waals surface area contributed by atoms with E-state index in [-0.39, 0.29) is 0 Å². The highest BCUT2D eigenvalue weighted by molar-refractivity contribution is 6.35. The summed E-state index contributed by atoms with van der Waals surface area (Å²) in [6, 6.07) is 14.3. The second-order valence-corrected chi connectivity index (χ2v) is 8.10. The molecule has 3 nitrogen and oxygen atoms in total. The van der Waals surface area contributed by atoms with Crippen LogP contribution in [0.15, 0.2) is 42.5 Å². The molecule has 1 unspecified atom stereocenters. The van der Waals surface area contributed by atoms with Crippen molar-refractivity contribution in [3.8, 4) is 5.75 Å². The molecule has 3 aliphatic heterocycles. The Morgan fingerprint density at radius 1 is 1.04 bits per heavy atom. The minimum absolute atomic E-state index is 0.437. The van der Waals surface area contributed by atoms with Gasteiger partial charge in [0.2, 0.25) is 0 Å². The van der Waals surface area contributed by atoms with Crippen molar-refractivity contribution in [3.63, 3.8) is 0 Å². The van der Waals surface area contributed by atoms with Gasteiger partial charge in [0.15, 0.2) is 0 Å². The first-order chi connectivity index (χ1) is 12.7. The van der Waals surface area contributed by atoms with Gasteiger partial charge >= 0.3 is 0 Å². The van der Waals surface area contributed by atoms with Crippen molar-refractivity contribution in [2.75, 3.05) is 19.6 Å². The van der Waals surface area contributed by atoms with Gasteiger partial charge in [-0.3, -0.25) is 0 Å². The molecule has 5 heteroatoms. The van der Waals surface area contributed by atoms with E-state index >= 15 is 0 Å². The summed E-state index contributed by atoms with van der Waals surface area (Å²) < 4.78 is 6.07. The van der Waals surface area contributed by atoms with Crippen LogP contribution in [-0.2, 0) is 13.2 Å². The van der Waals surface area contributed by atoms with Crippen molar-refractivity contribution in [2.24, 2.45) is 5.92 Å². The summed E-state index contributed by atoms with van der Waals surface area (Å²) in [6.07, 6.45) is 2.65. The highest BCUT2D eigenvalue weighted by Gasteiger charge is 2.33. The van der Waals surface area contributed by atoms with Crippen molar-refractivity contribution in [1.29, 1.82) is 0 Å². The number of nitrogens with one attached hydrogen (secondary N) is 1. The number of piperidine rings is 3. The third kappa shape index (κ3) is 4.17. The molecular weight excluding hydrogens is 367 g/mol. The largest absolute Gasteiger partial charge is 0.489 e. The van der Waals surface area contributed by atoms with Crippen LogP contribution in [-0.4, -0.2) is 30.6 Å². The van der Waals surface area contributed by atoms with Crippen LogP contribution in [0.3, 0.4) is 0 Å². The Morgan fingerprint density at radius 2 is 1.85 bits per heavy atom. The van der Waals surface area contributed by atoms with E-state index in [0.717, 1.165) is 23.8 Å². The van der Waals surface area contributed by atoms with Crippen LogP contribution in [0, 0.1) is 5.92 Å². The third-order valence-electron chi connectivity index (χ3n) is 5.58. The summed E-state index contributed by atoms with van der Waals surface area (Å²) in [5.41, 5.74) is 2.13. The van der Waals surface area contributed by atoms with E-state index in [2.05, 4.69) is 22.3 Å². The number of para-hydroxylation sites is 1. The smallest absolute Gasteiger partial charge is 0.124 e. The van der Waals surface area contributed by atoms with E-state index in [1.807, 2.05) is 24.3 Å². The zero-order valence-corrected chi connectivity index (χ0v) is 16.3. The number of ether oxygens (including phenoxy) is 1. The molecule has 0 aromatic heterocycles. The Bertz CT molecular complexity index is 759. The van der Waals surface area contributed by atoms with Crippen molar-refractivity contribution < 1.29 is 4.74 Å². The Labute approximate surface area is 165 Å². The van der Waals surface area contributed by atoms with Crippen LogP contribution in [0.5, 0.6) is 5.75 Å². The lowest BCUT2D eigenvalue weighted by Crippen LogP contribution is -2.55. The van der Waals surface area contributed by atoms with Crippen molar-refractivity contribution >= 4 is 23.2 Å². The van der Waals surface area contributed by atoms with Crippen LogP contribution in [0.4, 0.5) is 0 Å². The summed E-state index contributed by atoms with van der Waals surface area (Å²) in [5, 5.41) is 5.04. The van der Waals surface area contributed by atoms with Gasteiger partial charge in [-0.15, -0.1) is 0 Å². The lowest BCUT2D eigenvalue weighted by atomic mass is 9.84. The molecule has 2 aromatic carbocycles. The summed E-state index contributed by atoms with van der Waals surface area (Å²) in [4.78, 5) is 2.57. The fourth-order valence-electron chi connectivity index (χ4n) is 4.02. The van der Waals surface area contributed by atoms with E-state index in [4.69, 9.17) is 27.9 Å². The summed E-state index contributed by atoms with van der Waals surface area (Å²) in [6.45, 7) is 4.98. The monoisotopic (exact) mass is 390 g/mol. The first-order valence-electron chi connectivity index (χ1n) is 9.29. The summed E-state index contributed by atoms with van der Waals surface area (Å²) >= 11 is 12.2. The molecule has 26 heavy (non-hydrogen) atoms. The molecule has 0 radical (unpaired) electrons.